The van der Waals surface area contributed by atoms with Gasteiger partial charge in [-0.2, -0.15) is 4.31 Å². The monoisotopic (exact) mass is 381 g/mol. The molecule has 0 unspecified atom stereocenters. The van der Waals surface area contributed by atoms with Gasteiger partial charge in [-0.3, -0.25) is 0 Å². The van der Waals surface area contributed by atoms with Crippen molar-refractivity contribution in [1.29, 1.82) is 0 Å². The van der Waals surface area contributed by atoms with Gasteiger partial charge in [-0.25, -0.2) is 21.6 Å². The number of thiophene rings is 1. The average Bonchev–Trinajstić information content (AvgIpc) is 2.97. The lowest BCUT2D eigenvalue weighted by atomic mass is 10.4. The zero-order valence-electron chi connectivity index (χ0n) is 13.4. The molecule has 1 aromatic heterocycles. The van der Waals surface area contributed by atoms with Crippen molar-refractivity contribution in [3.8, 4) is 0 Å². The summed E-state index contributed by atoms with van der Waals surface area (Å²) < 4.78 is 52.8. The van der Waals surface area contributed by atoms with Gasteiger partial charge in [0, 0.05) is 37.6 Å². The van der Waals surface area contributed by atoms with Crippen molar-refractivity contribution in [1.82, 2.24) is 13.9 Å². The molecule has 0 aromatic carbocycles. The van der Waals surface area contributed by atoms with E-state index in [1.54, 1.807) is 12.1 Å². The lowest BCUT2D eigenvalue weighted by Gasteiger charge is -2.31. The molecule has 7 nitrogen and oxygen atoms in total. The fraction of sp³-hybridized carbons (Fsp3) is 0.692. The summed E-state index contributed by atoms with van der Waals surface area (Å²) in [6.07, 6.45) is 0.776. The molecule has 1 N–H and O–H groups in total. The van der Waals surface area contributed by atoms with E-state index < -0.39 is 20.0 Å². The number of nitrogens with zero attached hydrogens (tertiary/aromatic N) is 2. The highest BCUT2D eigenvalue weighted by molar-refractivity contribution is 7.91. The molecule has 132 valence electrons. The van der Waals surface area contributed by atoms with Crippen LogP contribution in [-0.2, 0) is 26.5 Å². The second-order valence-electron chi connectivity index (χ2n) is 5.49. The standard InChI is InChI=1S/C13H23N3O4S3/c1-3-12-4-5-13(21-12)23(19,20)14-6-11-22(17,18)16-9-7-15(2)8-10-16/h4-5,14H,3,6-11H2,1-2H3. The highest BCUT2D eigenvalue weighted by Gasteiger charge is 2.26. The Hall–Kier alpha value is -0.520. The molecular formula is C13H23N3O4S3. The van der Waals surface area contributed by atoms with Gasteiger partial charge in [0.15, 0.2) is 0 Å². The summed E-state index contributed by atoms with van der Waals surface area (Å²) in [7, 11) is -5.11. The van der Waals surface area contributed by atoms with Gasteiger partial charge in [-0.1, -0.05) is 6.92 Å². The summed E-state index contributed by atoms with van der Waals surface area (Å²) in [6, 6.07) is 3.33. The van der Waals surface area contributed by atoms with Crippen LogP contribution in [-0.4, -0.2) is 71.6 Å². The van der Waals surface area contributed by atoms with Crippen molar-refractivity contribution >= 4 is 31.4 Å². The molecule has 10 heteroatoms. The summed E-state index contributed by atoms with van der Waals surface area (Å²) in [6.45, 7) is 4.14. The molecule has 0 atom stereocenters. The maximum absolute atomic E-state index is 12.2. The van der Waals surface area contributed by atoms with Crippen LogP contribution in [0.4, 0.5) is 0 Å². The molecule has 2 rings (SSSR count). The van der Waals surface area contributed by atoms with E-state index in [-0.39, 0.29) is 16.5 Å². The predicted octanol–water partition coefficient (Wildman–Crippen LogP) is 0.166. The van der Waals surface area contributed by atoms with E-state index in [2.05, 4.69) is 9.62 Å². The number of aryl methyl sites for hydroxylation is 1. The highest BCUT2D eigenvalue weighted by Crippen LogP contribution is 2.21. The molecule has 0 amide bonds. The third-order valence-corrected chi connectivity index (χ3v) is 8.81. The number of sulfonamides is 2. The molecule has 1 aliphatic rings. The first kappa shape index (κ1) is 18.8. The van der Waals surface area contributed by atoms with E-state index in [4.69, 9.17) is 0 Å². The Morgan fingerprint density at radius 3 is 2.35 bits per heavy atom. The Morgan fingerprint density at radius 1 is 1.13 bits per heavy atom. The average molecular weight is 382 g/mol. The first-order valence-corrected chi connectivity index (χ1v) is 11.4. The Kier molecular flexibility index (Phi) is 6.20. The summed E-state index contributed by atoms with van der Waals surface area (Å²) >= 11 is 1.21. The van der Waals surface area contributed by atoms with Crippen molar-refractivity contribution in [3.63, 3.8) is 0 Å². The molecule has 0 bridgehead atoms. The zero-order valence-corrected chi connectivity index (χ0v) is 15.8. The van der Waals surface area contributed by atoms with Crippen molar-refractivity contribution in [2.45, 2.75) is 17.6 Å². The van der Waals surface area contributed by atoms with Gasteiger partial charge in [-0.05, 0) is 25.6 Å². The van der Waals surface area contributed by atoms with E-state index in [0.29, 0.717) is 26.2 Å². The zero-order chi connectivity index (χ0) is 17.1. The Morgan fingerprint density at radius 2 is 1.78 bits per heavy atom. The van der Waals surface area contributed by atoms with Crippen LogP contribution in [0, 0.1) is 0 Å². The predicted molar refractivity (Wildman–Crippen MR) is 91.7 cm³/mol. The van der Waals surface area contributed by atoms with Gasteiger partial charge >= 0.3 is 0 Å². The van der Waals surface area contributed by atoms with Crippen LogP contribution in [0.2, 0.25) is 0 Å². The van der Waals surface area contributed by atoms with Gasteiger partial charge in [0.25, 0.3) is 0 Å². The van der Waals surface area contributed by atoms with E-state index in [1.165, 1.54) is 15.6 Å². The van der Waals surface area contributed by atoms with Crippen LogP contribution in [0.5, 0.6) is 0 Å². The largest absolute Gasteiger partial charge is 0.304 e. The number of piperazine rings is 1. The van der Waals surface area contributed by atoms with E-state index >= 15 is 0 Å². The lowest BCUT2D eigenvalue weighted by molar-refractivity contribution is 0.222. The SMILES string of the molecule is CCc1ccc(S(=O)(=O)NCCS(=O)(=O)N2CCN(C)CC2)s1. The van der Waals surface area contributed by atoms with Crippen molar-refractivity contribution in [2.75, 3.05) is 45.5 Å². The van der Waals surface area contributed by atoms with Crippen molar-refractivity contribution in [2.24, 2.45) is 0 Å². The van der Waals surface area contributed by atoms with Gasteiger partial charge in [0.05, 0.1) is 5.75 Å². The van der Waals surface area contributed by atoms with E-state index in [0.717, 1.165) is 11.3 Å². The number of hydrogen-bond donors (Lipinski definition) is 1. The second kappa shape index (κ2) is 7.58. The summed E-state index contributed by atoms with van der Waals surface area (Å²) in [4.78, 5) is 3.05. The molecule has 1 aromatic rings. The van der Waals surface area contributed by atoms with Crippen LogP contribution in [0.15, 0.2) is 16.3 Å². The number of likely N-dealkylation sites (N-methyl/N-ethyl adjacent to an activating group) is 1. The van der Waals surface area contributed by atoms with Gasteiger partial charge < -0.3 is 4.90 Å². The summed E-state index contributed by atoms with van der Waals surface area (Å²) in [5.41, 5.74) is 0. The summed E-state index contributed by atoms with van der Waals surface area (Å²) in [5, 5.41) is 0. The molecule has 23 heavy (non-hydrogen) atoms. The fourth-order valence-electron chi connectivity index (χ4n) is 2.26. The maximum Gasteiger partial charge on any atom is 0.250 e. The molecule has 0 saturated carbocycles. The fourth-order valence-corrected chi connectivity index (χ4v) is 6.10. The third-order valence-electron chi connectivity index (χ3n) is 3.76. The molecule has 0 spiro atoms. The molecule has 2 heterocycles. The number of nitrogens with one attached hydrogen (secondary N) is 1. The van der Waals surface area contributed by atoms with Gasteiger partial charge in [0.2, 0.25) is 20.0 Å². The van der Waals surface area contributed by atoms with Crippen LogP contribution in [0.3, 0.4) is 0 Å². The first-order valence-electron chi connectivity index (χ1n) is 7.49. The second-order valence-corrected chi connectivity index (χ2v) is 10.7. The number of rotatable bonds is 7. The minimum absolute atomic E-state index is 0.115. The minimum Gasteiger partial charge on any atom is -0.304 e. The number of hydrogen-bond acceptors (Lipinski definition) is 6. The first-order chi connectivity index (χ1) is 10.7. The molecule has 1 saturated heterocycles. The minimum atomic E-state index is -3.63. The highest BCUT2D eigenvalue weighted by atomic mass is 32.2. The Balaban J connectivity index is 1.90. The Labute approximate surface area is 142 Å². The Bertz CT molecular complexity index is 719. The smallest absolute Gasteiger partial charge is 0.250 e. The van der Waals surface area contributed by atoms with E-state index in [9.17, 15) is 16.8 Å². The maximum atomic E-state index is 12.2. The summed E-state index contributed by atoms with van der Waals surface area (Å²) in [5.74, 6) is -0.220. The van der Waals surface area contributed by atoms with Crippen LogP contribution in [0.1, 0.15) is 11.8 Å². The molecule has 1 aliphatic heterocycles. The quantitative estimate of drug-likeness (QED) is 0.727. The van der Waals surface area contributed by atoms with Gasteiger partial charge in [-0.15, -0.1) is 11.3 Å². The third kappa shape index (κ3) is 4.97. The normalized spacial score (nSPS) is 18.3. The van der Waals surface area contributed by atoms with Crippen LogP contribution in [0.25, 0.3) is 0 Å². The van der Waals surface area contributed by atoms with Crippen LogP contribution < -0.4 is 4.72 Å². The van der Waals surface area contributed by atoms with Gasteiger partial charge in [0.1, 0.15) is 4.21 Å². The molecule has 0 radical (unpaired) electrons. The lowest BCUT2D eigenvalue weighted by Crippen LogP contribution is -2.48. The van der Waals surface area contributed by atoms with E-state index in [1.807, 2.05) is 14.0 Å². The molecule has 1 fully saturated rings. The van der Waals surface area contributed by atoms with Crippen molar-refractivity contribution in [3.05, 3.63) is 17.0 Å². The molecular weight excluding hydrogens is 358 g/mol. The van der Waals surface area contributed by atoms with Crippen molar-refractivity contribution < 1.29 is 16.8 Å². The topological polar surface area (TPSA) is 86.8 Å². The molecule has 0 aliphatic carbocycles. The van der Waals surface area contributed by atoms with Crippen LogP contribution >= 0.6 is 11.3 Å².